The smallest absolute Gasteiger partial charge is 0.178 e. The Labute approximate surface area is 108 Å². The van der Waals surface area contributed by atoms with Crippen molar-refractivity contribution in [3.63, 3.8) is 0 Å². The van der Waals surface area contributed by atoms with Gasteiger partial charge in [-0.3, -0.25) is 4.90 Å². The summed E-state index contributed by atoms with van der Waals surface area (Å²) in [4.78, 5) is 2.32. The lowest BCUT2D eigenvalue weighted by Gasteiger charge is -2.18. The van der Waals surface area contributed by atoms with Gasteiger partial charge in [-0.05, 0) is 43.5 Å². The number of hydrogen-bond donors (Lipinski definition) is 1. The molecule has 18 heavy (non-hydrogen) atoms. The summed E-state index contributed by atoms with van der Waals surface area (Å²) in [7, 11) is -1.20. The van der Waals surface area contributed by atoms with E-state index < -0.39 is 9.84 Å². The van der Waals surface area contributed by atoms with Crippen LogP contribution in [-0.2, 0) is 22.7 Å². The lowest BCUT2D eigenvalue weighted by atomic mass is 10.0. The van der Waals surface area contributed by atoms with E-state index >= 15 is 0 Å². The van der Waals surface area contributed by atoms with Gasteiger partial charge in [0.2, 0.25) is 0 Å². The predicted molar refractivity (Wildman–Crippen MR) is 70.2 cm³/mol. The summed E-state index contributed by atoms with van der Waals surface area (Å²) in [6, 6.07) is 5.61. The van der Waals surface area contributed by atoms with Crippen LogP contribution >= 0.6 is 0 Å². The summed E-state index contributed by atoms with van der Waals surface area (Å²) in [5.41, 5.74) is 2.08. The number of likely N-dealkylation sites (N-methyl/N-ethyl adjacent to an activating group) is 1. The number of sulfone groups is 1. The maximum atomic E-state index is 11.9. The zero-order valence-corrected chi connectivity index (χ0v) is 11.4. The zero-order chi connectivity index (χ0) is 13.2. The number of fused-ring (bicyclic) bond motifs is 1. The second kappa shape index (κ2) is 5.38. The Bertz CT molecular complexity index is 525. The van der Waals surface area contributed by atoms with Gasteiger partial charge in [0, 0.05) is 6.54 Å². The quantitative estimate of drug-likeness (QED) is 0.823. The van der Waals surface area contributed by atoms with Crippen molar-refractivity contribution in [2.45, 2.75) is 24.2 Å². The molecular weight excluding hydrogens is 250 g/mol. The highest BCUT2D eigenvalue weighted by atomic mass is 32.2. The summed E-state index contributed by atoms with van der Waals surface area (Å²) < 4.78 is 23.7. The van der Waals surface area contributed by atoms with Crippen molar-refractivity contribution in [1.29, 1.82) is 0 Å². The zero-order valence-electron chi connectivity index (χ0n) is 10.6. The van der Waals surface area contributed by atoms with Gasteiger partial charge >= 0.3 is 0 Å². The number of rotatable bonds is 4. The molecule has 0 bridgehead atoms. The molecular formula is C13H19NO3S. The second-order valence-electron chi connectivity index (χ2n) is 4.84. The van der Waals surface area contributed by atoms with Crippen molar-refractivity contribution in [3.05, 3.63) is 29.3 Å². The van der Waals surface area contributed by atoms with Crippen LogP contribution in [0, 0.1) is 0 Å². The first-order valence-electron chi connectivity index (χ1n) is 6.17. The Morgan fingerprint density at radius 2 is 2.17 bits per heavy atom. The minimum atomic E-state index is -3.05. The molecule has 2 rings (SSSR count). The Morgan fingerprint density at radius 1 is 1.39 bits per heavy atom. The number of aliphatic hydroxyl groups excluding tert-OH is 1. The van der Waals surface area contributed by atoms with Crippen LogP contribution < -0.4 is 0 Å². The Balaban J connectivity index is 2.18. The molecule has 0 amide bonds. The summed E-state index contributed by atoms with van der Waals surface area (Å²) in [6.45, 7) is 0.807. The first-order chi connectivity index (χ1) is 8.53. The molecule has 1 aliphatic heterocycles. The first-order valence-corrected chi connectivity index (χ1v) is 7.82. The highest BCUT2D eigenvalue weighted by molar-refractivity contribution is 7.91. The molecule has 0 saturated carbocycles. The summed E-state index contributed by atoms with van der Waals surface area (Å²) in [6.07, 6.45) is 2.39. The molecule has 1 aromatic rings. The first kappa shape index (κ1) is 13.5. The van der Waals surface area contributed by atoms with Gasteiger partial charge in [-0.2, -0.15) is 0 Å². The molecule has 0 aliphatic carbocycles. The van der Waals surface area contributed by atoms with E-state index in [1.165, 1.54) is 0 Å². The van der Waals surface area contributed by atoms with E-state index in [-0.39, 0.29) is 12.5 Å². The van der Waals surface area contributed by atoms with E-state index in [4.69, 9.17) is 5.11 Å². The third-order valence-corrected chi connectivity index (χ3v) is 5.24. The molecule has 0 aromatic heterocycles. The topological polar surface area (TPSA) is 57.6 Å². The number of aryl methyl sites for hydroxylation is 1. The molecule has 0 spiro atoms. The Kier molecular flexibility index (Phi) is 4.04. The average molecular weight is 269 g/mol. The molecule has 1 aliphatic rings. The van der Waals surface area contributed by atoms with E-state index in [1.54, 1.807) is 6.07 Å². The van der Waals surface area contributed by atoms with Crippen molar-refractivity contribution in [1.82, 2.24) is 4.90 Å². The molecule has 0 fully saturated rings. The Hall–Kier alpha value is -0.910. The summed E-state index contributed by atoms with van der Waals surface area (Å²) in [5, 5.41) is 8.92. The van der Waals surface area contributed by atoms with Crippen LogP contribution in [0.5, 0.6) is 0 Å². The largest absolute Gasteiger partial charge is 0.381 e. The SMILES string of the molecule is CN(CO)CCc1ccc2c(c1)CCCS2(=O)=O. The molecule has 5 heteroatoms. The molecule has 1 N–H and O–H groups in total. The van der Waals surface area contributed by atoms with Crippen molar-refractivity contribution in [3.8, 4) is 0 Å². The third-order valence-electron chi connectivity index (χ3n) is 3.34. The van der Waals surface area contributed by atoms with Crippen molar-refractivity contribution in [2.75, 3.05) is 26.1 Å². The van der Waals surface area contributed by atoms with E-state index in [2.05, 4.69) is 0 Å². The lowest BCUT2D eigenvalue weighted by Crippen LogP contribution is -2.22. The van der Waals surface area contributed by atoms with Crippen molar-refractivity contribution >= 4 is 9.84 Å². The van der Waals surface area contributed by atoms with E-state index in [1.807, 2.05) is 24.1 Å². The van der Waals surface area contributed by atoms with Gasteiger partial charge in [0.1, 0.15) is 0 Å². The van der Waals surface area contributed by atoms with Gasteiger partial charge < -0.3 is 5.11 Å². The Morgan fingerprint density at radius 3 is 2.89 bits per heavy atom. The summed E-state index contributed by atoms with van der Waals surface area (Å²) in [5.74, 6) is 0.270. The van der Waals surface area contributed by atoms with Gasteiger partial charge in [-0.25, -0.2) is 8.42 Å². The molecule has 100 valence electrons. The molecule has 1 heterocycles. The maximum Gasteiger partial charge on any atom is 0.178 e. The fraction of sp³-hybridized carbons (Fsp3) is 0.538. The molecule has 0 radical (unpaired) electrons. The minimum absolute atomic E-state index is 0.0410. The van der Waals surface area contributed by atoms with Gasteiger partial charge in [0.05, 0.1) is 17.4 Å². The van der Waals surface area contributed by atoms with Crippen LogP contribution in [0.4, 0.5) is 0 Å². The predicted octanol–water partition coefficient (Wildman–Crippen LogP) is 0.831. The fourth-order valence-corrected chi connectivity index (χ4v) is 3.82. The molecule has 4 nitrogen and oxygen atoms in total. The van der Waals surface area contributed by atoms with Gasteiger partial charge in [-0.1, -0.05) is 12.1 Å². The number of nitrogens with zero attached hydrogens (tertiary/aromatic N) is 1. The minimum Gasteiger partial charge on any atom is -0.381 e. The molecule has 0 saturated heterocycles. The van der Waals surface area contributed by atoms with Gasteiger partial charge in [0.25, 0.3) is 0 Å². The van der Waals surface area contributed by atoms with Crippen LogP contribution in [0.15, 0.2) is 23.1 Å². The number of hydrogen-bond acceptors (Lipinski definition) is 4. The van der Waals surface area contributed by atoms with Crippen LogP contribution in [0.25, 0.3) is 0 Å². The van der Waals surface area contributed by atoms with Crippen LogP contribution in [0.1, 0.15) is 17.5 Å². The van der Waals surface area contributed by atoms with E-state index in [9.17, 15) is 8.42 Å². The van der Waals surface area contributed by atoms with Crippen LogP contribution in [0.3, 0.4) is 0 Å². The van der Waals surface area contributed by atoms with Crippen molar-refractivity contribution < 1.29 is 13.5 Å². The van der Waals surface area contributed by atoms with E-state index in [0.29, 0.717) is 4.90 Å². The molecule has 0 atom stereocenters. The highest BCUT2D eigenvalue weighted by Gasteiger charge is 2.23. The maximum absolute atomic E-state index is 11.9. The van der Waals surface area contributed by atoms with E-state index in [0.717, 1.165) is 36.9 Å². The standard InChI is InChI=1S/C13H19NO3S/c1-14(10-15)7-6-11-4-5-13-12(9-11)3-2-8-18(13,16)17/h4-5,9,15H,2-3,6-8,10H2,1H3. The fourth-order valence-electron chi connectivity index (χ4n) is 2.24. The third kappa shape index (κ3) is 2.91. The average Bonchev–Trinajstić information content (AvgIpc) is 2.35. The van der Waals surface area contributed by atoms with Gasteiger partial charge in [0.15, 0.2) is 9.84 Å². The van der Waals surface area contributed by atoms with Crippen molar-refractivity contribution in [2.24, 2.45) is 0 Å². The number of aliphatic hydroxyl groups is 1. The number of benzene rings is 1. The lowest BCUT2D eigenvalue weighted by molar-refractivity contribution is 0.134. The monoisotopic (exact) mass is 269 g/mol. The highest BCUT2D eigenvalue weighted by Crippen LogP contribution is 2.25. The van der Waals surface area contributed by atoms with Gasteiger partial charge in [-0.15, -0.1) is 0 Å². The molecule has 1 aromatic carbocycles. The summed E-state index contributed by atoms with van der Waals surface area (Å²) >= 11 is 0. The normalized spacial score (nSPS) is 17.7. The van der Waals surface area contributed by atoms with Crippen LogP contribution in [-0.4, -0.2) is 44.5 Å². The molecule has 0 unspecified atom stereocenters. The van der Waals surface area contributed by atoms with Crippen LogP contribution in [0.2, 0.25) is 0 Å². The second-order valence-corrected chi connectivity index (χ2v) is 6.91.